The maximum absolute atomic E-state index is 12.6. The first kappa shape index (κ1) is 17.0. The van der Waals surface area contributed by atoms with E-state index >= 15 is 0 Å². The minimum absolute atomic E-state index is 0.0104. The van der Waals surface area contributed by atoms with Gasteiger partial charge in [-0.3, -0.25) is 9.59 Å². The van der Waals surface area contributed by atoms with Crippen molar-refractivity contribution >= 4 is 23.2 Å². The lowest BCUT2D eigenvalue weighted by Crippen LogP contribution is -2.47. The Morgan fingerprint density at radius 2 is 1.88 bits per heavy atom. The first-order chi connectivity index (χ1) is 12.2. The van der Waals surface area contributed by atoms with Crippen LogP contribution < -0.4 is 10.6 Å². The number of nitrogens with zero attached hydrogens (tertiary/aromatic N) is 1. The Bertz CT molecular complexity index is 598. The predicted octanol–water partition coefficient (Wildman–Crippen LogP) is 2.39. The van der Waals surface area contributed by atoms with Gasteiger partial charge >= 0.3 is 0 Å². The molecule has 2 N–H and O–H groups in total. The lowest BCUT2D eigenvalue weighted by molar-refractivity contribution is -0.133. The number of hydrogen-bond donors (Lipinski definition) is 2. The van der Waals surface area contributed by atoms with Gasteiger partial charge in [0.05, 0.1) is 0 Å². The number of likely N-dealkylation sites (tertiary alicyclic amines) is 1. The zero-order valence-electron chi connectivity index (χ0n) is 14.6. The van der Waals surface area contributed by atoms with Crippen LogP contribution in [0.2, 0.25) is 0 Å². The molecule has 1 aromatic rings. The van der Waals surface area contributed by atoms with E-state index in [0.717, 1.165) is 44.3 Å². The average Bonchev–Trinajstić information content (AvgIpc) is 3.25. The van der Waals surface area contributed by atoms with Crippen LogP contribution in [0.4, 0.5) is 0 Å². The highest BCUT2D eigenvalue weighted by atomic mass is 32.1. The molecule has 4 heterocycles. The van der Waals surface area contributed by atoms with Crippen molar-refractivity contribution in [3.63, 3.8) is 0 Å². The van der Waals surface area contributed by atoms with Gasteiger partial charge in [-0.25, -0.2) is 0 Å². The first-order valence-electron chi connectivity index (χ1n) is 9.54. The maximum Gasteiger partial charge on any atom is 0.252 e. The van der Waals surface area contributed by atoms with Crippen molar-refractivity contribution in [1.29, 1.82) is 0 Å². The molecule has 3 fully saturated rings. The third-order valence-electron chi connectivity index (χ3n) is 6.00. The first-order valence-corrected chi connectivity index (χ1v) is 10.5. The molecule has 2 atom stereocenters. The third-order valence-corrected chi connectivity index (χ3v) is 6.68. The molecule has 2 bridgehead atoms. The van der Waals surface area contributed by atoms with Gasteiger partial charge in [0.15, 0.2) is 0 Å². The van der Waals surface area contributed by atoms with E-state index in [9.17, 15) is 9.59 Å². The van der Waals surface area contributed by atoms with Crippen molar-refractivity contribution in [3.05, 3.63) is 22.4 Å². The summed E-state index contributed by atoms with van der Waals surface area (Å²) in [5.74, 6) is 0.882. The Hall–Kier alpha value is -1.40. The third kappa shape index (κ3) is 4.06. The van der Waals surface area contributed by atoms with Gasteiger partial charge in [-0.05, 0) is 55.9 Å². The lowest BCUT2D eigenvalue weighted by atomic mass is 9.89. The van der Waals surface area contributed by atoms with Gasteiger partial charge < -0.3 is 15.5 Å². The second kappa shape index (κ2) is 7.46. The number of hydrogen-bond acceptors (Lipinski definition) is 4. The summed E-state index contributed by atoms with van der Waals surface area (Å²) in [6, 6.07) is 3.33. The topological polar surface area (TPSA) is 61.4 Å². The normalized spacial score (nSPS) is 29.6. The summed E-state index contributed by atoms with van der Waals surface area (Å²) < 4.78 is 0. The van der Waals surface area contributed by atoms with Crippen molar-refractivity contribution in [2.75, 3.05) is 13.1 Å². The van der Waals surface area contributed by atoms with Gasteiger partial charge in [-0.15, -0.1) is 0 Å². The number of carbonyl (C=O) groups excluding carboxylic acids is 2. The molecule has 4 rings (SSSR count). The van der Waals surface area contributed by atoms with E-state index in [0.29, 0.717) is 30.3 Å². The van der Waals surface area contributed by atoms with E-state index in [1.807, 2.05) is 21.7 Å². The molecule has 3 aliphatic heterocycles. The van der Waals surface area contributed by atoms with Crippen molar-refractivity contribution in [2.45, 2.75) is 63.1 Å². The summed E-state index contributed by atoms with van der Waals surface area (Å²) in [6.45, 7) is 1.54. The number of nitrogens with one attached hydrogen (secondary N) is 2. The molecule has 2 unspecified atom stereocenters. The summed E-state index contributed by atoms with van der Waals surface area (Å²) in [6.07, 6.45) is 7.32. The smallest absolute Gasteiger partial charge is 0.252 e. The quantitative estimate of drug-likeness (QED) is 0.866. The van der Waals surface area contributed by atoms with Gasteiger partial charge in [0, 0.05) is 48.6 Å². The van der Waals surface area contributed by atoms with E-state index in [-0.39, 0.29) is 11.9 Å². The fourth-order valence-electron chi connectivity index (χ4n) is 4.65. The summed E-state index contributed by atoms with van der Waals surface area (Å²) in [7, 11) is 0. The van der Waals surface area contributed by atoms with Crippen LogP contribution in [-0.4, -0.2) is 47.9 Å². The second-order valence-electron chi connectivity index (χ2n) is 7.82. The van der Waals surface area contributed by atoms with Crippen LogP contribution in [0.3, 0.4) is 0 Å². The van der Waals surface area contributed by atoms with Crippen molar-refractivity contribution in [3.8, 4) is 0 Å². The standard InChI is InChI=1S/C19H27N3O2S/c23-18(11-13-9-16-1-2-17(10-13)20-16)22-6-3-15(4-7-22)21-19(24)14-5-8-25-12-14/h5,8,12-13,15-17,20H,1-4,6-7,9-11H2,(H,21,24). The summed E-state index contributed by atoms with van der Waals surface area (Å²) >= 11 is 1.54. The molecule has 0 aromatic carbocycles. The SMILES string of the molecule is O=C(NC1CCN(C(=O)CC2CC3CCC(C2)N3)CC1)c1ccsc1. The van der Waals surface area contributed by atoms with Crippen molar-refractivity contribution < 1.29 is 9.59 Å². The van der Waals surface area contributed by atoms with Crippen LogP contribution >= 0.6 is 11.3 Å². The lowest BCUT2D eigenvalue weighted by Gasteiger charge is -2.34. The largest absolute Gasteiger partial charge is 0.349 e. The summed E-state index contributed by atoms with van der Waals surface area (Å²) in [5.41, 5.74) is 0.740. The second-order valence-corrected chi connectivity index (χ2v) is 8.60. The molecule has 0 aliphatic carbocycles. The molecule has 6 heteroatoms. The highest BCUT2D eigenvalue weighted by Crippen LogP contribution is 2.33. The van der Waals surface area contributed by atoms with Crippen LogP contribution in [0, 0.1) is 5.92 Å². The van der Waals surface area contributed by atoms with E-state index < -0.39 is 0 Å². The predicted molar refractivity (Wildman–Crippen MR) is 98.7 cm³/mol. The Labute approximate surface area is 153 Å². The van der Waals surface area contributed by atoms with Gasteiger partial charge in [0.25, 0.3) is 5.91 Å². The zero-order chi connectivity index (χ0) is 17.2. The van der Waals surface area contributed by atoms with E-state index in [1.54, 1.807) is 0 Å². The molecule has 2 amide bonds. The minimum Gasteiger partial charge on any atom is -0.349 e. The summed E-state index contributed by atoms with van der Waals surface area (Å²) in [5, 5.41) is 10.5. The molecule has 0 spiro atoms. The molecule has 3 aliphatic rings. The molecular formula is C19H27N3O2S. The molecule has 0 saturated carbocycles. The van der Waals surface area contributed by atoms with E-state index in [4.69, 9.17) is 0 Å². The van der Waals surface area contributed by atoms with Gasteiger partial charge in [-0.2, -0.15) is 11.3 Å². The number of fused-ring (bicyclic) bond motifs is 2. The molecule has 136 valence electrons. The van der Waals surface area contributed by atoms with Crippen LogP contribution in [0.5, 0.6) is 0 Å². The maximum atomic E-state index is 12.6. The zero-order valence-corrected chi connectivity index (χ0v) is 15.4. The fourth-order valence-corrected chi connectivity index (χ4v) is 5.29. The summed E-state index contributed by atoms with van der Waals surface area (Å²) in [4.78, 5) is 26.8. The van der Waals surface area contributed by atoms with Gasteiger partial charge in [0.1, 0.15) is 0 Å². The van der Waals surface area contributed by atoms with Crippen LogP contribution in [0.25, 0.3) is 0 Å². The molecule has 3 saturated heterocycles. The molecule has 1 aromatic heterocycles. The van der Waals surface area contributed by atoms with E-state index in [1.165, 1.54) is 24.2 Å². The van der Waals surface area contributed by atoms with Crippen LogP contribution in [0.15, 0.2) is 16.8 Å². The van der Waals surface area contributed by atoms with Gasteiger partial charge in [-0.1, -0.05) is 0 Å². The van der Waals surface area contributed by atoms with Gasteiger partial charge in [0.2, 0.25) is 5.91 Å². The molecule has 5 nitrogen and oxygen atoms in total. The molecule has 25 heavy (non-hydrogen) atoms. The average molecular weight is 362 g/mol. The Morgan fingerprint density at radius 1 is 1.16 bits per heavy atom. The molecular weight excluding hydrogens is 334 g/mol. The Kier molecular flexibility index (Phi) is 5.08. The van der Waals surface area contributed by atoms with Crippen LogP contribution in [0.1, 0.15) is 55.3 Å². The Balaban J connectivity index is 1.21. The van der Waals surface area contributed by atoms with Crippen LogP contribution in [-0.2, 0) is 4.79 Å². The fraction of sp³-hybridized carbons (Fsp3) is 0.684. The highest BCUT2D eigenvalue weighted by molar-refractivity contribution is 7.08. The Morgan fingerprint density at radius 3 is 2.52 bits per heavy atom. The number of amides is 2. The molecule has 0 radical (unpaired) electrons. The number of piperidine rings is 2. The number of rotatable bonds is 4. The monoisotopic (exact) mass is 361 g/mol. The van der Waals surface area contributed by atoms with E-state index in [2.05, 4.69) is 10.6 Å². The minimum atomic E-state index is 0.0104. The number of carbonyl (C=O) groups is 2. The number of thiophene rings is 1. The highest BCUT2D eigenvalue weighted by Gasteiger charge is 2.35. The van der Waals surface area contributed by atoms with Crippen molar-refractivity contribution in [1.82, 2.24) is 15.5 Å². The van der Waals surface area contributed by atoms with Crippen molar-refractivity contribution in [2.24, 2.45) is 5.92 Å².